The molecule has 1 heterocycles. The molecule has 1 aromatic heterocycles. The molecule has 2 aromatic rings. The summed E-state index contributed by atoms with van der Waals surface area (Å²) in [6.07, 6.45) is 1.73. The number of aromatic nitrogens is 2. The predicted octanol–water partition coefficient (Wildman–Crippen LogP) is 1.32. The Balaban J connectivity index is 2.28. The van der Waals surface area contributed by atoms with Gasteiger partial charge in [0.1, 0.15) is 6.54 Å². The minimum atomic E-state index is -0.405. The third-order valence-corrected chi connectivity index (χ3v) is 2.38. The fraction of sp³-hybridized carbons (Fsp3) is 0.0909. The zero-order chi connectivity index (χ0) is 11.5. The van der Waals surface area contributed by atoms with Crippen LogP contribution in [0.1, 0.15) is 0 Å². The molecule has 0 radical (unpaired) electrons. The molecule has 2 rings (SSSR count). The van der Waals surface area contributed by atoms with Gasteiger partial charge >= 0.3 is 0 Å². The standard InChI is InChI=1S/C11H11N3OS/c12-11(15)7-14-5-4-10(13-14)8-2-1-3-9(16)6-8/h1-6,16H,7H2,(H2,12,15). The van der Waals surface area contributed by atoms with E-state index in [-0.39, 0.29) is 6.54 Å². The smallest absolute Gasteiger partial charge is 0.239 e. The van der Waals surface area contributed by atoms with Gasteiger partial charge in [0.15, 0.2) is 0 Å². The molecule has 0 spiro atoms. The van der Waals surface area contributed by atoms with E-state index in [1.54, 1.807) is 6.20 Å². The fourth-order valence-electron chi connectivity index (χ4n) is 1.43. The average Bonchev–Trinajstić information content (AvgIpc) is 2.65. The van der Waals surface area contributed by atoms with Crippen molar-refractivity contribution in [2.75, 3.05) is 0 Å². The normalized spacial score (nSPS) is 10.3. The van der Waals surface area contributed by atoms with Gasteiger partial charge in [-0.25, -0.2) is 0 Å². The quantitative estimate of drug-likeness (QED) is 0.785. The number of benzene rings is 1. The van der Waals surface area contributed by atoms with Crippen LogP contribution in [0.15, 0.2) is 41.4 Å². The highest BCUT2D eigenvalue weighted by Gasteiger charge is 2.03. The number of nitrogens with zero attached hydrogens (tertiary/aromatic N) is 2. The second kappa shape index (κ2) is 4.40. The van der Waals surface area contributed by atoms with E-state index in [4.69, 9.17) is 5.73 Å². The average molecular weight is 233 g/mol. The van der Waals surface area contributed by atoms with Crippen LogP contribution < -0.4 is 5.73 Å². The van der Waals surface area contributed by atoms with Gasteiger partial charge in [0, 0.05) is 16.7 Å². The Morgan fingerprint density at radius 1 is 1.44 bits per heavy atom. The van der Waals surface area contributed by atoms with Crippen LogP contribution in [0.2, 0.25) is 0 Å². The Morgan fingerprint density at radius 2 is 2.25 bits per heavy atom. The van der Waals surface area contributed by atoms with E-state index in [0.717, 1.165) is 16.2 Å². The molecule has 0 aliphatic heterocycles. The maximum atomic E-state index is 10.7. The Hall–Kier alpha value is -1.75. The van der Waals surface area contributed by atoms with Crippen molar-refractivity contribution in [1.29, 1.82) is 0 Å². The molecule has 0 saturated carbocycles. The maximum absolute atomic E-state index is 10.7. The van der Waals surface area contributed by atoms with Crippen LogP contribution >= 0.6 is 12.6 Å². The number of thiol groups is 1. The first-order valence-corrected chi connectivity index (χ1v) is 5.21. The first-order chi connectivity index (χ1) is 7.65. The van der Waals surface area contributed by atoms with Crippen LogP contribution in [0.5, 0.6) is 0 Å². The Bertz CT molecular complexity index is 521. The van der Waals surface area contributed by atoms with Gasteiger partial charge in [0.2, 0.25) is 5.91 Å². The highest BCUT2D eigenvalue weighted by atomic mass is 32.1. The number of primary amides is 1. The fourth-order valence-corrected chi connectivity index (χ4v) is 1.65. The van der Waals surface area contributed by atoms with E-state index in [1.807, 2.05) is 30.3 Å². The Labute approximate surface area is 98.5 Å². The summed E-state index contributed by atoms with van der Waals surface area (Å²) in [7, 11) is 0. The Kier molecular flexibility index (Phi) is 2.96. The molecule has 0 fully saturated rings. The molecule has 4 nitrogen and oxygen atoms in total. The van der Waals surface area contributed by atoms with Gasteiger partial charge in [-0.15, -0.1) is 12.6 Å². The van der Waals surface area contributed by atoms with Gasteiger partial charge in [0.05, 0.1) is 5.69 Å². The molecule has 5 heteroatoms. The molecule has 0 unspecified atom stereocenters. The van der Waals surface area contributed by atoms with Crippen LogP contribution in [-0.4, -0.2) is 15.7 Å². The number of carbonyl (C=O) groups excluding carboxylic acids is 1. The van der Waals surface area contributed by atoms with Crippen molar-refractivity contribution in [2.24, 2.45) is 5.73 Å². The molecule has 1 aromatic carbocycles. The third-order valence-electron chi connectivity index (χ3n) is 2.10. The molecule has 0 bridgehead atoms. The minimum absolute atomic E-state index is 0.0978. The maximum Gasteiger partial charge on any atom is 0.239 e. The highest BCUT2D eigenvalue weighted by Crippen LogP contribution is 2.19. The van der Waals surface area contributed by atoms with Gasteiger partial charge in [0.25, 0.3) is 0 Å². The first-order valence-electron chi connectivity index (χ1n) is 4.76. The van der Waals surface area contributed by atoms with E-state index >= 15 is 0 Å². The highest BCUT2D eigenvalue weighted by molar-refractivity contribution is 7.80. The van der Waals surface area contributed by atoms with Gasteiger partial charge in [-0.3, -0.25) is 9.48 Å². The zero-order valence-electron chi connectivity index (χ0n) is 8.50. The van der Waals surface area contributed by atoms with Crippen LogP contribution in [0, 0.1) is 0 Å². The third kappa shape index (κ3) is 2.43. The van der Waals surface area contributed by atoms with Gasteiger partial charge in [-0.05, 0) is 18.2 Å². The molecule has 0 saturated heterocycles. The topological polar surface area (TPSA) is 60.9 Å². The van der Waals surface area contributed by atoms with Gasteiger partial charge in [-0.2, -0.15) is 5.10 Å². The second-order valence-corrected chi connectivity index (χ2v) is 3.93. The van der Waals surface area contributed by atoms with E-state index in [0.29, 0.717) is 0 Å². The number of nitrogens with two attached hydrogens (primary N) is 1. The molecule has 82 valence electrons. The summed E-state index contributed by atoms with van der Waals surface area (Å²) in [5.74, 6) is -0.405. The number of amides is 1. The van der Waals surface area contributed by atoms with E-state index in [1.165, 1.54) is 4.68 Å². The first kappa shape index (κ1) is 10.8. The number of rotatable bonds is 3. The van der Waals surface area contributed by atoms with E-state index in [2.05, 4.69) is 17.7 Å². The van der Waals surface area contributed by atoms with Crippen molar-refractivity contribution in [3.63, 3.8) is 0 Å². The lowest BCUT2D eigenvalue weighted by molar-refractivity contribution is -0.118. The summed E-state index contributed by atoms with van der Waals surface area (Å²) in [6, 6.07) is 9.50. The van der Waals surface area contributed by atoms with Crippen molar-refractivity contribution >= 4 is 18.5 Å². The number of carbonyl (C=O) groups is 1. The summed E-state index contributed by atoms with van der Waals surface area (Å²) >= 11 is 4.26. The largest absolute Gasteiger partial charge is 0.368 e. The van der Waals surface area contributed by atoms with Crippen molar-refractivity contribution in [3.8, 4) is 11.3 Å². The summed E-state index contributed by atoms with van der Waals surface area (Å²) in [6.45, 7) is 0.0978. The molecule has 0 atom stereocenters. The minimum Gasteiger partial charge on any atom is -0.368 e. The number of hydrogen-bond acceptors (Lipinski definition) is 3. The van der Waals surface area contributed by atoms with Crippen LogP contribution in [-0.2, 0) is 11.3 Å². The van der Waals surface area contributed by atoms with Gasteiger partial charge in [-0.1, -0.05) is 12.1 Å². The molecule has 1 amide bonds. The molecular weight excluding hydrogens is 222 g/mol. The second-order valence-electron chi connectivity index (χ2n) is 3.42. The summed E-state index contributed by atoms with van der Waals surface area (Å²) in [5, 5.41) is 4.24. The predicted molar refractivity (Wildman–Crippen MR) is 64.1 cm³/mol. The zero-order valence-corrected chi connectivity index (χ0v) is 9.39. The SMILES string of the molecule is NC(=O)Cn1ccc(-c2cccc(S)c2)n1. The lowest BCUT2D eigenvalue weighted by atomic mass is 10.2. The van der Waals surface area contributed by atoms with Gasteiger partial charge < -0.3 is 5.73 Å². The van der Waals surface area contributed by atoms with E-state index < -0.39 is 5.91 Å². The van der Waals surface area contributed by atoms with E-state index in [9.17, 15) is 4.79 Å². The summed E-state index contributed by atoms with van der Waals surface area (Å²) in [4.78, 5) is 11.6. The van der Waals surface area contributed by atoms with Crippen LogP contribution in [0.25, 0.3) is 11.3 Å². The van der Waals surface area contributed by atoms with Crippen molar-refractivity contribution < 1.29 is 4.79 Å². The molecule has 0 aliphatic rings. The molecular formula is C11H11N3OS. The van der Waals surface area contributed by atoms with Crippen molar-refractivity contribution in [3.05, 3.63) is 36.5 Å². The molecule has 2 N–H and O–H groups in total. The summed E-state index contributed by atoms with van der Waals surface area (Å²) in [5.41, 5.74) is 6.86. The van der Waals surface area contributed by atoms with Crippen LogP contribution in [0.4, 0.5) is 0 Å². The lowest BCUT2D eigenvalue weighted by Gasteiger charge is -1.98. The number of hydrogen-bond donors (Lipinski definition) is 2. The Morgan fingerprint density at radius 3 is 2.94 bits per heavy atom. The monoisotopic (exact) mass is 233 g/mol. The van der Waals surface area contributed by atoms with Crippen molar-refractivity contribution in [2.45, 2.75) is 11.4 Å². The van der Waals surface area contributed by atoms with Crippen molar-refractivity contribution in [1.82, 2.24) is 9.78 Å². The lowest BCUT2D eigenvalue weighted by Crippen LogP contribution is -2.18. The summed E-state index contributed by atoms with van der Waals surface area (Å²) < 4.78 is 1.52. The molecule has 16 heavy (non-hydrogen) atoms. The molecule has 0 aliphatic carbocycles. The van der Waals surface area contributed by atoms with Crippen LogP contribution in [0.3, 0.4) is 0 Å².